The fourth-order valence-corrected chi connectivity index (χ4v) is 4.55. The third-order valence-corrected chi connectivity index (χ3v) is 5.86. The smallest absolute Gasteiger partial charge is 0.223 e. The van der Waals surface area contributed by atoms with Gasteiger partial charge in [0, 0.05) is 36.3 Å². The minimum Gasteiger partial charge on any atom is -0.346 e. The van der Waals surface area contributed by atoms with Crippen LogP contribution in [0.1, 0.15) is 57.4 Å². The predicted molar refractivity (Wildman–Crippen MR) is 91.2 cm³/mol. The molecule has 3 aliphatic rings. The van der Waals surface area contributed by atoms with Gasteiger partial charge in [0.25, 0.3) is 0 Å². The summed E-state index contributed by atoms with van der Waals surface area (Å²) in [7, 11) is 0. The van der Waals surface area contributed by atoms with Crippen LogP contribution in [0.3, 0.4) is 0 Å². The standard InChI is InChI=1S/C19H25N3O/c1-3-14-8-13-9-15(10-13)22(14)18(23)7-12(2)17-11-21-19-16(17)5-4-6-20-19/h4-6,11-15H,3,7-10H2,1-2H3,(H,20,21). The molecule has 2 aromatic heterocycles. The first-order chi connectivity index (χ1) is 11.2. The summed E-state index contributed by atoms with van der Waals surface area (Å²) in [6, 6.07) is 5.03. The lowest BCUT2D eigenvalue weighted by Crippen LogP contribution is -2.58. The van der Waals surface area contributed by atoms with Crippen LogP contribution >= 0.6 is 0 Å². The fourth-order valence-electron chi connectivity index (χ4n) is 4.55. The van der Waals surface area contributed by atoms with Gasteiger partial charge in [0.15, 0.2) is 0 Å². The molecule has 2 unspecified atom stereocenters. The van der Waals surface area contributed by atoms with Crippen molar-refractivity contribution in [1.29, 1.82) is 0 Å². The van der Waals surface area contributed by atoms with Crippen molar-refractivity contribution in [3.8, 4) is 0 Å². The molecule has 1 saturated carbocycles. The molecule has 1 N–H and O–H groups in total. The topological polar surface area (TPSA) is 49.0 Å². The van der Waals surface area contributed by atoms with Crippen molar-refractivity contribution in [1.82, 2.24) is 14.9 Å². The van der Waals surface area contributed by atoms with Gasteiger partial charge in [-0.05, 0) is 55.2 Å². The van der Waals surface area contributed by atoms with Gasteiger partial charge in [0.2, 0.25) is 5.91 Å². The average Bonchev–Trinajstić information content (AvgIpc) is 2.97. The molecular formula is C19H25N3O. The molecule has 2 bridgehead atoms. The molecule has 5 rings (SSSR count). The van der Waals surface area contributed by atoms with Crippen LogP contribution < -0.4 is 0 Å². The van der Waals surface area contributed by atoms with Crippen molar-refractivity contribution in [2.45, 2.75) is 64.0 Å². The van der Waals surface area contributed by atoms with E-state index in [9.17, 15) is 4.79 Å². The number of piperidine rings is 2. The first-order valence-corrected chi connectivity index (χ1v) is 8.90. The van der Waals surface area contributed by atoms with Gasteiger partial charge in [0.05, 0.1) is 0 Å². The molecule has 2 saturated heterocycles. The lowest BCUT2D eigenvalue weighted by atomic mass is 9.70. The van der Waals surface area contributed by atoms with Gasteiger partial charge in [-0.3, -0.25) is 4.79 Å². The zero-order chi connectivity index (χ0) is 16.0. The van der Waals surface area contributed by atoms with Crippen LogP contribution in [0.5, 0.6) is 0 Å². The second-order valence-corrected chi connectivity index (χ2v) is 7.34. The zero-order valence-electron chi connectivity index (χ0n) is 14.0. The number of pyridine rings is 1. The summed E-state index contributed by atoms with van der Waals surface area (Å²) in [5, 5.41) is 1.14. The highest BCUT2D eigenvalue weighted by Gasteiger charge is 2.45. The van der Waals surface area contributed by atoms with E-state index in [1.807, 2.05) is 12.3 Å². The molecule has 23 heavy (non-hydrogen) atoms. The monoisotopic (exact) mass is 311 g/mol. The van der Waals surface area contributed by atoms with Crippen LogP contribution in [0.15, 0.2) is 24.5 Å². The van der Waals surface area contributed by atoms with Crippen LogP contribution in [0.4, 0.5) is 0 Å². The Morgan fingerprint density at radius 2 is 2.26 bits per heavy atom. The molecule has 1 aliphatic carbocycles. The van der Waals surface area contributed by atoms with Gasteiger partial charge in [-0.1, -0.05) is 13.8 Å². The van der Waals surface area contributed by atoms with Crippen LogP contribution in [0, 0.1) is 5.92 Å². The highest BCUT2D eigenvalue weighted by atomic mass is 16.2. The Balaban J connectivity index is 1.51. The molecule has 0 radical (unpaired) electrons. The van der Waals surface area contributed by atoms with Gasteiger partial charge >= 0.3 is 0 Å². The van der Waals surface area contributed by atoms with E-state index in [1.54, 1.807) is 6.20 Å². The highest BCUT2D eigenvalue weighted by molar-refractivity contribution is 5.83. The number of carbonyl (C=O) groups is 1. The lowest BCUT2D eigenvalue weighted by Gasteiger charge is -2.54. The van der Waals surface area contributed by atoms with Crippen LogP contribution in [-0.4, -0.2) is 32.9 Å². The number of rotatable bonds is 4. The van der Waals surface area contributed by atoms with Gasteiger partial charge in [-0.15, -0.1) is 0 Å². The predicted octanol–water partition coefficient (Wildman–Crippen LogP) is 3.85. The minimum absolute atomic E-state index is 0.218. The van der Waals surface area contributed by atoms with E-state index in [4.69, 9.17) is 0 Å². The number of nitrogens with zero attached hydrogens (tertiary/aromatic N) is 2. The molecule has 4 heteroatoms. The van der Waals surface area contributed by atoms with Crippen LogP contribution in [0.2, 0.25) is 0 Å². The Hall–Kier alpha value is -1.84. The minimum atomic E-state index is 0.218. The number of carbonyl (C=O) groups excluding carboxylic acids is 1. The third-order valence-electron chi connectivity index (χ3n) is 5.86. The van der Waals surface area contributed by atoms with Gasteiger partial charge in [-0.2, -0.15) is 0 Å². The molecule has 4 heterocycles. The Labute approximate surface area is 137 Å². The Morgan fingerprint density at radius 1 is 1.43 bits per heavy atom. The molecule has 0 spiro atoms. The zero-order valence-corrected chi connectivity index (χ0v) is 14.0. The highest BCUT2D eigenvalue weighted by Crippen LogP contribution is 2.44. The second-order valence-electron chi connectivity index (χ2n) is 7.34. The van der Waals surface area contributed by atoms with E-state index in [2.05, 4.69) is 34.8 Å². The number of H-pyrrole nitrogens is 1. The SMILES string of the molecule is CCC1CC2CC(C2)N1C(=O)CC(C)c1c[nH]c2ncccc12. The second kappa shape index (κ2) is 5.66. The summed E-state index contributed by atoms with van der Waals surface area (Å²) in [5.41, 5.74) is 2.12. The van der Waals surface area contributed by atoms with E-state index >= 15 is 0 Å². The van der Waals surface area contributed by atoms with Gasteiger partial charge in [-0.25, -0.2) is 4.98 Å². The average molecular weight is 311 g/mol. The van der Waals surface area contributed by atoms with Crippen molar-refractivity contribution < 1.29 is 4.79 Å². The fraction of sp³-hybridized carbons (Fsp3) is 0.579. The number of aromatic nitrogens is 2. The van der Waals surface area contributed by atoms with E-state index in [1.165, 1.54) is 24.8 Å². The number of aromatic amines is 1. The van der Waals surface area contributed by atoms with Crippen molar-refractivity contribution in [2.75, 3.05) is 0 Å². The molecular weight excluding hydrogens is 286 g/mol. The maximum atomic E-state index is 12.9. The molecule has 4 nitrogen and oxygen atoms in total. The third kappa shape index (κ3) is 2.44. The molecule has 2 atom stereocenters. The number of amides is 1. The largest absolute Gasteiger partial charge is 0.346 e. The first kappa shape index (κ1) is 14.7. The van der Waals surface area contributed by atoms with E-state index in [0.717, 1.165) is 23.4 Å². The lowest BCUT2D eigenvalue weighted by molar-refractivity contribution is -0.147. The van der Waals surface area contributed by atoms with Crippen molar-refractivity contribution >= 4 is 16.9 Å². The van der Waals surface area contributed by atoms with E-state index < -0.39 is 0 Å². The number of fused-ring (bicyclic) bond motifs is 3. The molecule has 122 valence electrons. The van der Waals surface area contributed by atoms with Gasteiger partial charge < -0.3 is 9.88 Å². The van der Waals surface area contributed by atoms with Crippen molar-refractivity contribution in [2.24, 2.45) is 5.92 Å². The molecule has 1 amide bonds. The molecule has 3 fully saturated rings. The summed E-state index contributed by atoms with van der Waals surface area (Å²) in [5.74, 6) is 1.44. The Morgan fingerprint density at radius 3 is 3.04 bits per heavy atom. The van der Waals surface area contributed by atoms with Crippen molar-refractivity contribution in [3.05, 3.63) is 30.1 Å². The molecule has 2 aromatic rings. The van der Waals surface area contributed by atoms with Crippen LogP contribution in [-0.2, 0) is 4.79 Å². The molecule has 0 aromatic carbocycles. The summed E-state index contributed by atoms with van der Waals surface area (Å²) < 4.78 is 0. The van der Waals surface area contributed by atoms with Gasteiger partial charge in [0.1, 0.15) is 5.65 Å². The van der Waals surface area contributed by atoms with E-state index in [-0.39, 0.29) is 5.92 Å². The first-order valence-electron chi connectivity index (χ1n) is 8.90. The quantitative estimate of drug-likeness (QED) is 0.932. The number of hydrogen-bond donors (Lipinski definition) is 1. The van der Waals surface area contributed by atoms with Crippen LogP contribution in [0.25, 0.3) is 11.0 Å². The number of nitrogens with one attached hydrogen (secondary N) is 1. The normalized spacial score (nSPS) is 27.7. The summed E-state index contributed by atoms with van der Waals surface area (Å²) in [4.78, 5) is 22.7. The molecule has 2 aliphatic heterocycles. The number of hydrogen-bond acceptors (Lipinski definition) is 2. The van der Waals surface area contributed by atoms with E-state index in [0.29, 0.717) is 24.4 Å². The summed E-state index contributed by atoms with van der Waals surface area (Å²) in [6.45, 7) is 4.37. The maximum Gasteiger partial charge on any atom is 0.223 e. The summed E-state index contributed by atoms with van der Waals surface area (Å²) in [6.07, 6.45) is 9.17. The Kier molecular flexibility index (Phi) is 3.63. The Bertz CT molecular complexity index is 716. The maximum absolute atomic E-state index is 12.9. The van der Waals surface area contributed by atoms with Crippen molar-refractivity contribution in [3.63, 3.8) is 0 Å². The summed E-state index contributed by atoms with van der Waals surface area (Å²) >= 11 is 0.